The predicted molar refractivity (Wildman–Crippen MR) is 26.8 cm³/mol. The van der Waals surface area contributed by atoms with Crippen molar-refractivity contribution in [2.75, 3.05) is 0 Å². The molecule has 7 heavy (non-hydrogen) atoms. The van der Waals surface area contributed by atoms with Crippen LogP contribution in [0.15, 0.2) is 0 Å². The zero-order valence-corrected chi connectivity index (χ0v) is 6.44. The molecule has 0 fully saturated rings. The second-order valence-electron chi connectivity index (χ2n) is 2.35. The third kappa shape index (κ3) is 2.77. The zero-order chi connectivity index (χ0) is 6.08. The van der Waals surface area contributed by atoms with Gasteiger partial charge in [0.15, 0.2) is 0 Å². The molecule has 0 amide bonds. The second kappa shape index (κ2) is 1.93. The summed E-state index contributed by atoms with van der Waals surface area (Å²) in [7, 11) is 0. The van der Waals surface area contributed by atoms with E-state index < -0.39 is 18.1 Å². The fraction of sp³-hybridized carbons (Fsp3) is 1.00. The normalized spacial score (nSPS) is 11.3. The van der Waals surface area contributed by atoms with Gasteiger partial charge in [0, 0.05) is 0 Å². The van der Waals surface area contributed by atoms with Crippen LogP contribution < -0.4 is 0 Å². The van der Waals surface area contributed by atoms with Crippen LogP contribution in [-0.2, 0) is 7.67 Å². The molecule has 0 spiro atoms. The van der Waals surface area contributed by atoms with Gasteiger partial charge in [-0.2, -0.15) is 0 Å². The van der Waals surface area contributed by atoms with E-state index in [1.54, 1.807) is 20.8 Å². The van der Waals surface area contributed by atoms with Gasteiger partial charge in [-0.25, -0.2) is 0 Å². The molecule has 0 saturated carbocycles. The van der Waals surface area contributed by atoms with Crippen LogP contribution in [0.5, 0.6) is 0 Å². The molecule has 0 aliphatic rings. The maximum absolute atomic E-state index is 10.1. The van der Waals surface area contributed by atoms with Gasteiger partial charge in [0.1, 0.15) is 0 Å². The van der Waals surface area contributed by atoms with Crippen molar-refractivity contribution in [3.63, 3.8) is 0 Å². The van der Waals surface area contributed by atoms with Gasteiger partial charge in [0.2, 0.25) is 0 Å². The van der Waals surface area contributed by atoms with Crippen molar-refractivity contribution in [3.05, 3.63) is 0 Å². The molecule has 0 atom stereocenters. The Morgan fingerprint density at radius 3 is 1.29 bits per heavy atom. The fourth-order valence-electron chi connectivity index (χ4n) is 0. The average molecular weight is 168 g/mol. The third-order valence-corrected chi connectivity index (χ3v) is 2.60. The molecule has 43 valence electrons. The van der Waals surface area contributed by atoms with E-state index in [0.717, 1.165) is 0 Å². The molecule has 0 bridgehead atoms. The van der Waals surface area contributed by atoms with E-state index in [2.05, 4.69) is 0 Å². The quantitative estimate of drug-likeness (QED) is 0.508. The van der Waals surface area contributed by atoms with Gasteiger partial charge in [-0.15, -0.1) is 0 Å². The summed E-state index contributed by atoms with van der Waals surface area (Å²) in [6.07, 6.45) is 0. The molecule has 0 aromatic rings. The molecule has 3 heteroatoms. The van der Waals surface area contributed by atoms with Crippen molar-refractivity contribution in [3.8, 4) is 0 Å². The molecule has 0 aromatic carbocycles. The topological polar surface area (TPSA) is 34.1 Å². The minimum absolute atomic E-state index is 0.486. The molecule has 2 nitrogen and oxygen atoms in total. The van der Waals surface area contributed by atoms with Crippen LogP contribution in [0.1, 0.15) is 20.8 Å². The van der Waals surface area contributed by atoms with Gasteiger partial charge < -0.3 is 0 Å². The SMILES string of the molecule is CC(C)(C)[Se](=O)=O. The average Bonchev–Trinajstić information content (AvgIpc) is 1.31. The first kappa shape index (κ1) is 7.12. The second-order valence-corrected chi connectivity index (χ2v) is 5.90. The summed E-state index contributed by atoms with van der Waals surface area (Å²) >= 11 is -2.74. The number of hydrogen-bond acceptors (Lipinski definition) is 2. The predicted octanol–water partition coefficient (Wildman–Crippen LogP) is 1.14. The molecule has 0 unspecified atom stereocenters. The first-order valence-electron chi connectivity index (χ1n) is 2.04. The van der Waals surface area contributed by atoms with Crippen molar-refractivity contribution in [2.45, 2.75) is 25.1 Å². The first-order chi connectivity index (χ1) is 2.94. The van der Waals surface area contributed by atoms with E-state index in [-0.39, 0.29) is 0 Å². The van der Waals surface area contributed by atoms with E-state index in [0.29, 0.717) is 0 Å². The Balaban J connectivity index is 4.08. The van der Waals surface area contributed by atoms with Gasteiger partial charge in [0.05, 0.1) is 0 Å². The van der Waals surface area contributed by atoms with Crippen LogP contribution in [0.3, 0.4) is 0 Å². The van der Waals surface area contributed by atoms with Crippen molar-refractivity contribution < 1.29 is 7.67 Å². The zero-order valence-electron chi connectivity index (χ0n) is 4.72. The Bertz CT molecular complexity index is 110. The minimum atomic E-state index is -2.74. The summed E-state index contributed by atoms with van der Waals surface area (Å²) < 4.78 is 19.8. The van der Waals surface area contributed by atoms with E-state index in [9.17, 15) is 7.67 Å². The van der Waals surface area contributed by atoms with Gasteiger partial charge >= 0.3 is 46.5 Å². The Morgan fingerprint density at radius 2 is 1.29 bits per heavy atom. The molecule has 0 aliphatic carbocycles. The molecule has 0 rings (SSSR count). The molecule has 0 heterocycles. The summed E-state index contributed by atoms with van der Waals surface area (Å²) in [5.74, 6) is 0. The van der Waals surface area contributed by atoms with Crippen molar-refractivity contribution in [2.24, 2.45) is 0 Å². The summed E-state index contributed by atoms with van der Waals surface area (Å²) in [4.78, 5) is 0. The van der Waals surface area contributed by atoms with E-state index in [1.165, 1.54) is 0 Å². The maximum atomic E-state index is 10.1. The Hall–Kier alpha value is 0.119. The van der Waals surface area contributed by atoms with E-state index in [1.807, 2.05) is 0 Å². The Kier molecular flexibility index (Phi) is 1.96. The van der Waals surface area contributed by atoms with Crippen LogP contribution >= 0.6 is 0 Å². The first-order valence-corrected chi connectivity index (χ1v) is 4.29. The van der Waals surface area contributed by atoms with Crippen LogP contribution in [-0.4, -0.2) is 13.8 Å². The van der Waals surface area contributed by atoms with Crippen molar-refractivity contribution >= 4 is 13.8 Å². The van der Waals surface area contributed by atoms with Crippen LogP contribution in [0, 0.1) is 0 Å². The summed E-state index contributed by atoms with van der Waals surface area (Å²) in [5.41, 5.74) is 0. The molecular weight excluding hydrogens is 159 g/mol. The van der Waals surface area contributed by atoms with Crippen LogP contribution in [0.2, 0.25) is 4.31 Å². The monoisotopic (exact) mass is 169 g/mol. The van der Waals surface area contributed by atoms with Gasteiger partial charge in [-0.3, -0.25) is 0 Å². The molecule has 1 radical (unpaired) electrons. The number of rotatable bonds is 0. The molecule has 0 aromatic heterocycles. The fourth-order valence-corrected chi connectivity index (χ4v) is 0. The standard InChI is InChI=1S/C4H9O2Se/c1-4(2,3)7(5)6/h1-3H3. The van der Waals surface area contributed by atoms with Crippen LogP contribution in [0.4, 0.5) is 0 Å². The van der Waals surface area contributed by atoms with Gasteiger partial charge in [-0.1, -0.05) is 0 Å². The third-order valence-electron chi connectivity index (χ3n) is 0.500. The van der Waals surface area contributed by atoms with Crippen molar-refractivity contribution in [1.29, 1.82) is 0 Å². The summed E-state index contributed by atoms with van der Waals surface area (Å²) in [6, 6.07) is 0. The summed E-state index contributed by atoms with van der Waals surface area (Å²) in [6.45, 7) is 5.08. The molecule has 0 saturated heterocycles. The Labute approximate surface area is 47.2 Å². The summed E-state index contributed by atoms with van der Waals surface area (Å²) in [5, 5.41) is 0. The van der Waals surface area contributed by atoms with Crippen molar-refractivity contribution in [1.82, 2.24) is 0 Å². The molecular formula is C4H9O2Se. The van der Waals surface area contributed by atoms with Crippen LogP contribution in [0.25, 0.3) is 0 Å². The Morgan fingerprint density at radius 1 is 1.14 bits per heavy atom. The van der Waals surface area contributed by atoms with E-state index >= 15 is 0 Å². The molecule has 0 N–H and O–H groups in total. The van der Waals surface area contributed by atoms with E-state index in [4.69, 9.17) is 0 Å². The number of hydrogen-bond donors (Lipinski definition) is 0. The molecule has 0 aliphatic heterocycles. The van der Waals surface area contributed by atoms with Gasteiger partial charge in [-0.05, 0) is 0 Å². The van der Waals surface area contributed by atoms with Gasteiger partial charge in [0.25, 0.3) is 0 Å².